The van der Waals surface area contributed by atoms with Crippen molar-refractivity contribution in [2.24, 2.45) is 11.8 Å². The number of nitrogens with one attached hydrogen (secondary N) is 1. The number of aryl methyl sites for hydroxylation is 1. The summed E-state index contributed by atoms with van der Waals surface area (Å²) in [5.74, 6) is -0.849. The van der Waals surface area contributed by atoms with Crippen molar-refractivity contribution in [1.29, 1.82) is 0 Å². The minimum Gasteiger partial charge on any atom is -0.493 e. The largest absolute Gasteiger partial charge is 0.493 e. The lowest BCUT2D eigenvalue weighted by molar-refractivity contribution is -0.140. The molecule has 0 aliphatic heterocycles. The minimum atomic E-state index is -0.907. The lowest BCUT2D eigenvalue weighted by atomic mass is 10.0. The van der Waals surface area contributed by atoms with Gasteiger partial charge in [0.2, 0.25) is 5.91 Å². The molecule has 0 aromatic heterocycles. The number of aliphatic carboxylic acids is 1. The van der Waals surface area contributed by atoms with E-state index in [1.54, 1.807) is 14.2 Å². The number of carbonyl (C=O) groups is 2. The molecule has 0 unspecified atom stereocenters. The fourth-order valence-corrected chi connectivity index (χ4v) is 2.62. The molecule has 1 aromatic rings. The van der Waals surface area contributed by atoms with Crippen molar-refractivity contribution in [3.63, 3.8) is 0 Å². The van der Waals surface area contributed by atoms with E-state index in [1.807, 2.05) is 26.0 Å². The summed E-state index contributed by atoms with van der Waals surface area (Å²) in [6.07, 6.45) is 0.415. The molecule has 1 fully saturated rings. The summed E-state index contributed by atoms with van der Waals surface area (Å²) in [6, 6.07) is 3.46. The van der Waals surface area contributed by atoms with Crippen molar-refractivity contribution >= 4 is 11.9 Å². The van der Waals surface area contributed by atoms with Crippen molar-refractivity contribution < 1.29 is 24.2 Å². The molecule has 120 valence electrons. The van der Waals surface area contributed by atoms with E-state index in [9.17, 15) is 9.59 Å². The quantitative estimate of drug-likeness (QED) is 0.838. The summed E-state index contributed by atoms with van der Waals surface area (Å²) in [4.78, 5) is 22.9. The van der Waals surface area contributed by atoms with Crippen molar-refractivity contribution in [1.82, 2.24) is 5.32 Å². The molecular weight excluding hydrogens is 286 g/mol. The number of hydrogen-bond acceptors (Lipinski definition) is 4. The van der Waals surface area contributed by atoms with Crippen molar-refractivity contribution in [2.45, 2.75) is 26.3 Å². The third-order valence-electron chi connectivity index (χ3n) is 4.04. The molecule has 6 heteroatoms. The monoisotopic (exact) mass is 307 g/mol. The molecule has 3 atom stereocenters. The third-order valence-corrected chi connectivity index (χ3v) is 4.04. The van der Waals surface area contributed by atoms with Crippen LogP contribution in [0.1, 0.15) is 30.5 Å². The van der Waals surface area contributed by atoms with Gasteiger partial charge in [0.25, 0.3) is 0 Å². The van der Waals surface area contributed by atoms with Crippen molar-refractivity contribution in [3.8, 4) is 11.5 Å². The molecule has 0 saturated heterocycles. The summed E-state index contributed by atoms with van der Waals surface area (Å²) < 4.78 is 10.5. The first-order chi connectivity index (χ1) is 10.4. The first kappa shape index (κ1) is 16.1. The van der Waals surface area contributed by atoms with E-state index in [4.69, 9.17) is 14.6 Å². The number of ether oxygens (including phenoxy) is 2. The molecule has 6 nitrogen and oxygen atoms in total. The van der Waals surface area contributed by atoms with Gasteiger partial charge in [-0.15, -0.1) is 0 Å². The minimum absolute atomic E-state index is 0.214. The average molecular weight is 307 g/mol. The molecule has 22 heavy (non-hydrogen) atoms. The summed E-state index contributed by atoms with van der Waals surface area (Å²) in [7, 11) is 3.13. The molecule has 1 amide bonds. The molecule has 1 aliphatic carbocycles. The Kier molecular flexibility index (Phi) is 4.59. The number of benzene rings is 1. The number of carbonyl (C=O) groups excluding carboxylic acids is 1. The van der Waals surface area contributed by atoms with Gasteiger partial charge in [-0.3, -0.25) is 9.59 Å². The van der Waals surface area contributed by atoms with Crippen LogP contribution in [0, 0.1) is 18.8 Å². The van der Waals surface area contributed by atoms with Crippen LogP contribution < -0.4 is 14.8 Å². The van der Waals surface area contributed by atoms with Crippen molar-refractivity contribution in [3.05, 3.63) is 23.3 Å². The van der Waals surface area contributed by atoms with Crippen LogP contribution in [0.2, 0.25) is 0 Å². The number of methoxy groups -OCH3 is 2. The highest BCUT2D eigenvalue weighted by atomic mass is 16.5. The van der Waals surface area contributed by atoms with E-state index < -0.39 is 17.8 Å². The summed E-state index contributed by atoms with van der Waals surface area (Å²) in [6.45, 7) is 3.79. The predicted octanol–water partition coefficient (Wildman–Crippen LogP) is 1.91. The Morgan fingerprint density at radius 1 is 1.23 bits per heavy atom. The summed E-state index contributed by atoms with van der Waals surface area (Å²) in [5, 5.41) is 11.8. The second-order valence-electron chi connectivity index (χ2n) is 5.58. The van der Waals surface area contributed by atoms with Crippen LogP contribution in [0.15, 0.2) is 12.1 Å². The zero-order chi connectivity index (χ0) is 16.4. The van der Waals surface area contributed by atoms with Crippen LogP contribution in [-0.2, 0) is 9.59 Å². The first-order valence-electron chi connectivity index (χ1n) is 7.14. The van der Waals surface area contributed by atoms with Crippen LogP contribution >= 0.6 is 0 Å². The number of amides is 1. The highest BCUT2D eigenvalue weighted by Crippen LogP contribution is 2.39. The number of hydrogen-bond donors (Lipinski definition) is 2. The van der Waals surface area contributed by atoms with Crippen LogP contribution in [-0.4, -0.2) is 31.2 Å². The number of carboxylic acid groups (broad SMARTS) is 1. The van der Waals surface area contributed by atoms with Gasteiger partial charge in [-0.05, 0) is 43.5 Å². The van der Waals surface area contributed by atoms with Gasteiger partial charge in [0.1, 0.15) is 0 Å². The molecule has 0 spiro atoms. The number of rotatable bonds is 6. The second kappa shape index (κ2) is 6.25. The molecule has 0 bridgehead atoms. The Balaban J connectivity index is 2.11. The van der Waals surface area contributed by atoms with E-state index in [2.05, 4.69) is 5.32 Å². The van der Waals surface area contributed by atoms with Gasteiger partial charge in [0.05, 0.1) is 32.1 Å². The predicted molar refractivity (Wildman–Crippen MR) is 80.1 cm³/mol. The molecular formula is C16H21NO5. The Morgan fingerprint density at radius 3 is 2.32 bits per heavy atom. The normalized spacial score (nSPS) is 20.9. The standard InChI is InChI=1S/C16H21NO5/c1-8-5-13(21-3)14(22-4)7-10(8)9(2)17-15(18)11-6-12(11)16(19)20/h5,7,9,11-12H,6H2,1-4H3,(H,17,18)(H,19,20)/t9-,11+,12+/m0/s1. The molecule has 2 N–H and O–H groups in total. The van der Waals surface area contributed by atoms with E-state index >= 15 is 0 Å². The highest BCUT2D eigenvalue weighted by molar-refractivity contribution is 5.89. The summed E-state index contributed by atoms with van der Waals surface area (Å²) in [5.41, 5.74) is 1.88. The smallest absolute Gasteiger partial charge is 0.307 e. The maximum Gasteiger partial charge on any atom is 0.307 e. The Morgan fingerprint density at radius 2 is 1.82 bits per heavy atom. The molecule has 0 radical (unpaired) electrons. The van der Waals surface area contributed by atoms with Crippen LogP contribution in [0.3, 0.4) is 0 Å². The first-order valence-corrected chi connectivity index (χ1v) is 7.14. The van der Waals surface area contributed by atoms with E-state index in [0.717, 1.165) is 11.1 Å². The fraction of sp³-hybridized carbons (Fsp3) is 0.500. The van der Waals surface area contributed by atoms with Crippen LogP contribution in [0.25, 0.3) is 0 Å². The number of carboxylic acids is 1. The van der Waals surface area contributed by atoms with Crippen LogP contribution in [0.4, 0.5) is 0 Å². The van der Waals surface area contributed by atoms with Gasteiger partial charge in [0.15, 0.2) is 11.5 Å². The SMILES string of the molecule is COc1cc(C)c([C@H](C)NC(=O)[C@@H]2C[C@H]2C(=O)O)cc1OC. The lowest BCUT2D eigenvalue weighted by Crippen LogP contribution is -2.29. The molecule has 1 aliphatic rings. The lowest BCUT2D eigenvalue weighted by Gasteiger charge is -2.19. The van der Waals surface area contributed by atoms with Crippen LogP contribution in [0.5, 0.6) is 11.5 Å². The van der Waals surface area contributed by atoms with Gasteiger partial charge >= 0.3 is 5.97 Å². The zero-order valence-electron chi connectivity index (χ0n) is 13.2. The van der Waals surface area contributed by atoms with Gasteiger partial charge in [-0.2, -0.15) is 0 Å². The fourth-order valence-electron chi connectivity index (χ4n) is 2.62. The molecule has 1 saturated carbocycles. The zero-order valence-corrected chi connectivity index (χ0v) is 13.2. The van der Waals surface area contributed by atoms with E-state index in [-0.39, 0.29) is 11.9 Å². The van der Waals surface area contributed by atoms with E-state index in [1.165, 1.54) is 0 Å². The molecule has 0 heterocycles. The van der Waals surface area contributed by atoms with Gasteiger partial charge in [-0.1, -0.05) is 0 Å². The molecule has 2 rings (SSSR count). The van der Waals surface area contributed by atoms with Gasteiger partial charge in [-0.25, -0.2) is 0 Å². The van der Waals surface area contributed by atoms with Gasteiger partial charge in [0, 0.05) is 0 Å². The topological polar surface area (TPSA) is 84.9 Å². The Bertz CT molecular complexity index is 598. The second-order valence-corrected chi connectivity index (χ2v) is 5.58. The molecule has 1 aromatic carbocycles. The maximum atomic E-state index is 12.1. The summed E-state index contributed by atoms with van der Waals surface area (Å²) >= 11 is 0. The highest BCUT2D eigenvalue weighted by Gasteiger charge is 2.48. The van der Waals surface area contributed by atoms with Gasteiger partial charge < -0.3 is 19.9 Å². The van der Waals surface area contributed by atoms with E-state index in [0.29, 0.717) is 17.9 Å². The third kappa shape index (κ3) is 3.16. The maximum absolute atomic E-state index is 12.1. The average Bonchev–Trinajstić information content (AvgIpc) is 3.27. The van der Waals surface area contributed by atoms with Crippen molar-refractivity contribution in [2.75, 3.05) is 14.2 Å². The Hall–Kier alpha value is -2.24. The Labute approximate surface area is 129 Å².